The maximum absolute atomic E-state index is 11.5. The standard InChI is InChI=1S/C19H28N2O3/c1-3-20-18(22)12-24-16-9-4-13(10-17(16)23-2)11-21-19(14-5-6-14)15-7-8-15/h4,9-10,14-15,19,21H,3,5-8,11-12H2,1-2H3,(H,20,22). The van der Waals surface area contributed by atoms with Crippen LogP contribution in [0.4, 0.5) is 0 Å². The molecular formula is C19H28N2O3. The average molecular weight is 332 g/mol. The zero-order valence-electron chi connectivity index (χ0n) is 14.6. The van der Waals surface area contributed by atoms with Crippen molar-refractivity contribution in [1.82, 2.24) is 10.6 Å². The number of hydrogen-bond donors (Lipinski definition) is 2. The van der Waals surface area contributed by atoms with Crippen molar-refractivity contribution in [3.05, 3.63) is 23.8 Å². The molecule has 1 amide bonds. The largest absolute Gasteiger partial charge is 0.493 e. The highest BCUT2D eigenvalue weighted by molar-refractivity contribution is 5.77. The highest BCUT2D eigenvalue weighted by atomic mass is 16.5. The van der Waals surface area contributed by atoms with Gasteiger partial charge in [-0.1, -0.05) is 6.07 Å². The summed E-state index contributed by atoms with van der Waals surface area (Å²) in [7, 11) is 1.63. The third-order valence-corrected chi connectivity index (χ3v) is 4.76. The molecule has 3 rings (SSSR count). The lowest BCUT2D eigenvalue weighted by Gasteiger charge is -2.18. The van der Waals surface area contributed by atoms with E-state index in [1.807, 2.05) is 25.1 Å². The van der Waals surface area contributed by atoms with Crippen molar-refractivity contribution in [2.45, 2.75) is 45.2 Å². The van der Waals surface area contributed by atoms with Crippen molar-refractivity contribution >= 4 is 5.91 Å². The maximum atomic E-state index is 11.5. The number of amides is 1. The molecule has 1 aromatic carbocycles. The molecule has 0 radical (unpaired) electrons. The molecule has 2 N–H and O–H groups in total. The lowest BCUT2D eigenvalue weighted by Crippen LogP contribution is -2.32. The molecule has 0 atom stereocenters. The summed E-state index contributed by atoms with van der Waals surface area (Å²) in [6.07, 6.45) is 5.52. The number of carbonyl (C=O) groups excluding carboxylic acids is 1. The number of rotatable bonds is 10. The molecule has 0 spiro atoms. The van der Waals surface area contributed by atoms with E-state index in [2.05, 4.69) is 10.6 Å². The number of ether oxygens (including phenoxy) is 2. The Balaban J connectivity index is 1.55. The fourth-order valence-corrected chi connectivity index (χ4v) is 3.20. The summed E-state index contributed by atoms with van der Waals surface area (Å²) < 4.78 is 11.0. The average Bonchev–Trinajstić information content (AvgIpc) is 3.47. The summed E-state index contributed by atoms with van der Waals surface area (Å²) in [4.78, 5) is 11.5. The first-order valence-corrected chi connectivity index (χ1v) is 9.01. The van der Waals surface area contributed by atoms with Gasteiger partial charge in [-0.25, -0.2) is 0 Å². The van der Waals surface area contributed by atoms with Gasteiger partial charge in [0.05, 0.1) is 7.11 Å². The second kappa shape index (κ2) is 7.88. The Hall–Kier alpha value is -1.75. The summed E-state index contributed by atoms with van der Waals surface area (Å²) in [6.45, 7) is 3.35. The van der Waals surface area contributed by atoms with Crippen LogP contribution in [0.1, 0.15) is 38.2 Å². The SMILES string of the molecule is CCNC(=O)COc1ccc(CNC(C2CC2)C2CC2)cc1OC. The van der Waals surface area contributed by atoms with E-state index >= 15 is 0 Å². The molecule has 2 aliphatic carbocycles. The monoisotopic (exact) mass is 332 g/mol. The topological polar surface area (TPSA) is 59.6 Å². The normalized spacial score (nSPS) is 17.0. The molecule has 1 aromatic rings. The summed E-state index contributed by atoms with van der Waals surface area (Å²) >= 11 is 0. The first kappa shape index (κ1) is 17.1. The van der Waals surface area contributed by atoms with E-state index in [0.717, 1.165) is 18.4 Å². The van der Waals surface area contributed by atoms with E-state index < -0.39 is 0 Å². The fraction of sp³-hybridized carbons (Fsp3) is 0.632. The molecule has 0 aliphatic heterocycles. The molecule has 2 saturated carbocycles. The minimum Gasteiger partial charge on any atom is -0.493 e. The Bertz CT molecular complexity index is 556. The quantitative estimate of drug-likeness (QED) is 0.691. The molecule has 0 heterocycles. The van der Waals surface area contributed by atoms with Crippen LogP contribution in [0.15, 0.2) is 18.2 Å². The molecular weight excluding hydrogens is 304 g/mol. The first-order valence-electron chi connectivity index (χ1n) is 9.01. The number of methoxy groups -OCH3 is 1. The Morgan fingerprint density at radius 2 is 1.92 bits per heavy atom. The molecule has 2 fully saturated rings. The van der Waals surface area contributed by atoms with E-state index in [1.165, 1.54) is 31.2 Å². The van der Waals surface area contributed by atoms with Crippen LogP contribution in [0.5, 0.6) is 11.5 Å². The Morgan fingerprint density at radius 1 is 1.21 bits per heavy atom. The van der Waals surface area contributed by atoms with Crippen LogP contribution in [-0.4, -0.2) is 32.2 Å². The molecule has 5 nitrogen and oxygen atoms in total. The van der Waals surface area contributed by atoms with Gasteiger partial charge in [0.2, 0.25) is 0 Å². The third-order valence-electron chi connectivity index (χ3n) is 4.76. The van der Waals surface area contributed by atoms with Crippen LogP contribution >= 0.6 is 0 Å². The van der Waals surface area contributed by atoms with Gasteiger partial charge < -0.3 is 20.1 Å². The Morgan fingerprint density at radius 3 is 2.50 bits per heavy atom. The second-order valence-electron chi connectivity index (χ2n) is 6.81. The van der Waals surface area contributed by atoms with Crippen LogP contribution in [0.25, 0.3) is 0 Å². The van der Waals surface area contributed by atoms with Crippen molar-refractivity contribution in [2.24, 2.45) is 11.8 Å². The van der Waals surface area contributed by atoms with Crippen LogP contribution in [0.3, 0.4) is 0 Å². The van der Waals surface area contributed by atoms with E-state index in [-0.39, 0.29) is 12.5 Å². The molecule has 5 heteroatoms. The zero-order chi connectivity index (χ0) is 16.9. The zero-order valence-corrected chi connectivity index (χ0v) is 14.6. The smallest absolute Gasteiger partial charge is 0.257 e. The van der Waals surface area contributed by atoms with E-state index in [1.54, 1.807) is 7.11 Å². The summed E-state index contributed by atoms with van der Waals surface area (Å²) in [6, 6.07) is 6.61. The van der Waals surface area contributed by atoms with Gasteiger partial charge in [-0.15, -0.1) is 0 Å². The Labute approximate surface area is 144 Å². The Kier molecular flexibility index (Phi) is 5.61. The predicted molar refractivity (Wildman–Crippen MR) is 93.2 cm³/mol. The molecule has 132 valence electrons. The van der Waals surface area contributed by atoms with Crippen molar-refractivity contribution in [1.29, 1.82) is 0 Å². The fourth-order valence-electron chi connectivity index (χ4n) is 3.20. The number of nitrogens with one attached hydrogen (secondary N) is 2. The lowest BCUT2D eigenvalue weighted by molar-refractivity contribution is -0.123. The minimum absolute atomic E-state index is 0.00717. The summed E-state index contributed by atoms with van der Waals surface area (Å²) in [5.41, 5.74) is 1.18. The molecule has 0 saturated heterocycles. The second-order valence-corrected chi connectivity index (χ2v) is 6.81. The van der Waals surface area contributed by atoms with Gasteiger partial charge in [0.1, 0.15) is 0 Å². The first-order chi connectivity index (χ1) is 11.7. The summed E-state index contributed by atoms with van der Waals surface area (Å²) in [5.74, 6) is 2.93. The highest BCUT2D eigenvalue weighted by Crippen LogP contribution is 2.44. The van der Waals surface area contributed by atoms with Crippen molar-refractivity contribution in [2.75, 3.05) is 20.3 Å². The highest BCUT2D eigenvalue weighted by Gasteiger charge is 2.40. The van der Waals surface area contributed by atoms with Crippen LogP contribution in [-0.2, 0) is 11.3 Å². The van der Waals surface area contributed by atoms with Crippen molar-refractivity contribution in [3.8, 4) is 11.5 Å². The van der Waals surface area contributed by atoms with Crippen LogP contribution in [0, 0.1) is 11.8 Å². The van der Waals surface area contributed by atoms with Gasteiger partial charge in [0.25, 0.3) is 5.91 Å². The maximum Gasteiger partial charge on any atom is 0.257 e. The number of benzene rings is 1. The molecule has 24 heavy (non-hydrogen) atoms. The van der Waals surface area contributed by atoms with Gasteiger partial charge >= 0.3 is 0 Å². The predicted octanol–water partition coefficient (Wildman–Crippen LogP) is 2.49. The van der Waals surface area contributed by atoms with Gasteiger partial charge in [-0.3, -0.25) is 4.79 Å². The molecule has 0 aromatic heterocycles. The van der Waals surface area contributed by atoms with E-state index in [0.29, 0.717) is 24.1 Å². The van der Waals surface area contributed by atoms with Crippen molar-refractivity contribution < 1.29 is 14.3 Å². The molecule has 0 unspecified atom stereocenters. The van der Waals surface area contributed by atoms with E-state index in [4.69, 9.17) is 9.47 Å². The summed E-state index contributed by atoms with van der Waals surface area (Å²) in [5, 5.41) is 6.45. The number of hydrogen-bond acceptors (Lipinski definition) is 4. The van der Waals surface area contributed by atoms with E-state index in [9.17, 15) is 4.79 Å². The molecule has 0 bridgehead atoms. The van der Waals surface area contributed by atoms with Gasteiger partial charge in [0, 0.05) is 19.1 Å². The number of carbonyl (C=O) groups is 1. The third kappa shape index (κ3) is 4.63. The van der Waals surface area contributed by atoms with Crippen LogP contribution < -0.4 is 20.1 Å². The lowest BCUT2D eigenvalue weighted by atomic mass is 10.1. The van der Waals surface area contributed by atoms with Crippen molar-refractivity contribution in [3.63, 3.8) is 0 Å². The van der Waals surface area contributed by atoms with Gasteiger partial charge in [-0.2, -0.15) is 0 Å². The van der Waals surface area contributed by atoms with Crippen LogP contribution in [0.2, 0.25) is 0 Å². The van der Waals surface area contributed by atoms with Gasteiger partial charge in [-0.05, 0) is 62.1 Å². The minimum atomic E-state index is -0.123. The number of likely N-dealkylation sites (N-methyl/N-ethyl adjacent to an activating group) is 1. The van der Waals surface area contributed by atoms with Gasteiger partial charge in [0.15, 0.2) is 18.1 Å². The molecule has 2 aliphatic rings.